The van der Waals surface area contributed by atoms with Crippen molar-refractivity contribution in [2.24, 2.45) is 0 Å². The molecule has 1 aliphatic heterocycles. The summed E-state index contributed by atoms with van der Waals surface area (Å²) in [6, 6.07) is 7.69. The summed E-state index contributed by atoms with van der Waals surface area (Å²) in [5.74, 6) is -0.101. The first kappa shape index (κ1) is 10.8. The lowest BCUT2D eigenvalue weighted by Gasteiger charge is -2.13. The van der Waals surface area contributed by atoms with Gasteiger partial charge in [0.05, 0.1) is 5.69 Å². The topological polar surface area (TPSA) is 32.3 Å². The number of anilines is 1. The van der Waals surface area contributed by atoms with E-state index in [1.807, 2.05) is 38.1 Å². The number of carbonyl (C=O) groups is 1. The summed E-state index contributed by atoms with van der Waals surface area (Å²) in [7, 11) is 0. The Bertz CT molecular complexity index is 476. The van der Waals surface area contributed by atoms with Crippen LogP contribution in [0.15, 0.2) is 36.0 Å². The van der Waals surface area contributed by atoms with Crippen LogP contribution in [0.1, 0.15) is 12.5 Å². The molecule has 2 rings (SSSR count). The van der Waals surface area contributed by atoms with Crippen LogP contribution in [0.5, 0.6) is 0 Å². The molecule has 1 N–H and O–H groups in total. The minimum absolute atomic E-state index is 0.101. The van der Waals surface area contributed by atoms with Gasteiger partial charge in [0.1, 0.15) is 5.70 Å². The van der Waals surface area contributed by atoms with Crippen molar-refractivity contribution >= 4 is 28.9 Å². The van der Waals surface area contributed by atoms with Gasteiger partial charge in [-0.15, -0.1) is 0 Å². The zero-order chi connectivity index (χ0) is 11.7. The van der Waals surface area contributed by atoms with Gasteiger partial charge in [0, 0.05) is 0 Å². The maximum atomic E-state index is 11.9. The summed E-state index contributed by atoms with van der Waals surface area (Å²) in [6.07, 6.45) is 1.73. The first-order valence-corrected chi connectivity index (χ1v) is 5.42. The summed E-state index contributed by atoms with van der Waals surface area (Å²) in [6.45, 7) is 3.81. The van der Waals surface area contributed by atoms with Gasteiger partial charge in [-0.1, -0.05) is 23.8 Å². The van der Waals surface area contributed by atoms with E-state index in [9.17, 15) is 4.79 Å². The Morgan fingerprint density at radius 3 is 2.44 bits per heavy atom. The van der Waals surface area contributed by atoms with Crippen LogP contribution < -0.4 is 10.2 Å². The van der Waals surface area contributed by atoms with Crippen LogP contribution in [0.3, 0.4) is 0 Å². The normalized spacial score (nSPS) is 18.1. The van der Waals surface area contributed by atoms with Crippen molar-refractivity contribution in [2.75, 3.05) is 4.90 Å². The van der Waals surface area contributed by atoms with E-state index in [1.165, 1.54) is 4.90 Å². The third kappa shape index (κ3) is 1.72. The molecule has 0 spiro atoms. The van der Waals surface area contributed by atoms with Gasteiger partial charge < -0.3 is 5.32 Å². The number of carbonyl (C=O) groups excluding carboxylic acids is 1. The van der Waals surface area contributed by atoms with Crippen molar-refractivity contribution in [3.63, 3.8) is 0 Å². The van der Waals surface area contributed by atoms with E-state index >= 15 is 0 Å². The van der Waals surface area contributed by atoms with Crippen molar-refractivity contribution in [1.82, 2.24) is 5.32 Å². The highest BCUT2D eigenvalue weighted by Gasteiger charge is 2.31. The number of hydrogen-bond donors (Lipinski definition) is 1. The summed E-state index contributed by atoms with van der Waals surface area (Å²) < 4.78 is 0. The summed E-state index contributed by atoms with van der Waals surface area (Å²) in [4.78, 5) is 13.4. The van der Waals surface area contributed by atoms with E-state index < -0.39 is 0 Å². The minimum Gasteiger partial charge on any atom is -0.328 e. The fraction of sp³-hybridized carbons (Fsp3) is 0.167. The molecule has 0 atom stereocenters. The van der Waals surface area contributed by atoms with E-state index in [2.05, 4.69) is 5.32 Å². The molecular weight excluding hydrogens is 220 g/mol. The molecule has 0 bridgehead atoms. The lowest BCUT2D eigenvalue weighted by Crippen LogP contribution is -2.30. The van der Waals surface area contributed by atoms with Crippen molar-refractivity contribution in [3.05, 3.63) is 41.6 Å². The van der Waals surface area contributed by atoms with E-state index in [0.717, 1.165) is 11.3 Å². The van der Waals surface area contributed by atoms with Gasteiger partial charge in [0.15, 0.2) is 5.11 Å². The van der Waals surface area contributed by atoms with Crippen LogP contribution >= 0.6 is 12.2 Å². The molecule has 1 aromatic rings. The molecule has 0 saturated carbocycles. The molecule has 0 unspecified atom stereocenters. The molecule has 0 aromatic heterocycles. The zero-order valence-electron chi connectivity index (χ0n) is 9.15. The molecule has 82 valence electrons. The van der Waals surface area contributed by atoms with Gasteiger partial charge in [-0.2, -0.15) is 0 Å². The highest BCUT2D eigenvalue weighted by Crippen LogP contribution is 2.21. The Labute approximate surface area is 99.8 Å². The Morgan fingerprint density at radius 2 is 1.94 bits per heavy atom. The maximum Gasteiger partial charge on any atom is 0.280 e. The molecule has 0 aliphatic carbocycles. The first-order chi connectivity index (χ1) is 7.63. The summed E-state index contributed by atoms with van der Waals surface area (Å²) >= 11 is 5.13. The van der Waals surface area contributed by atoms with E-state index in [0.29, 0.717) is 10.8 Å². The minimum atomic E-state index is -0.101. The number of hydrogen-bond acceptors (Lipinski definition) is 2. The first-order valence-electron chi connectivity index (χ1n) is 5.02. The molecule has 0 radical (unpaired) electrons. The Morgan fingerprint density at radius 1 is 1.31 bits per heavy atom. The van der Waals surface area contributed by atoms with Gasteiger partial charge in [-0.3, -0.25) is 9.69 Å². The number of amides is 1. The quantitative estimate of drug-likeness (QED) is 0.594. The highest BCUT2D eigenvalue weighted by atomic mass is 32.1. The van der Waals surface area contributed by atoms with Gasteiger partial charge in [0.25, 0.3) is 5.91 Å². The van der Waals surface area contributed by atoms with Crippen LogP contribution in [-0.2, 0) is 4.79 Å². The zero-order valence-corrected chi connectivity index (χ0v) is 9.97. The van der Waals surface area contributed by atoms with Crippen LogP contribution in [-0.4, -0.2) is 11.0 Å². The number of rotatable bonds is 1. The summed E-state index contributed by atoms with van der Waals surface area (Å²) in [5, 5.41) is 3.32. The molecule has 1 amide bonds. The van der Waals surface area contributed by atoms with Crippen LogP contribution in [0, 0.1) is 6.92 Å². The monoisotopic (exact) mass is 232 g/mol. The van der Waals surface area contributed by atoms with Crippen molar-refractivity contribution in [1.29, 1.82) is 0 Å². The second-order valence-corrected chi connectivity index (χ2v) is 4.00. The van der Waals surface area contributed by atoms with E-state index in [1.54, 1.807) is 6.08 Å². The molecule has 1 aromatic carbocycles. The Balaban J connectivity index is 2.38. The number of allylic oxidation sites excluding steroid dienone is 1. The number of thiocarbonyl (C=S) groups is 1. The van der Waals surface area contributed by atoms with Crippen molar-refractivity contribution in [2.45, 2.75) is 13.8 Å². The molecule has 4 heteroatoms. The standard InChI is InChI=1S/C12H12N2OS/c1-3-10-11(15)14(12(16)13-10)9-6-4-8(2)5-7-9/h3-7H,1-2H3,(H,13,16)/b10-3-. The number of nitrogens with one attached hydrogen (secondary N) is 1. The lowest BCUT2D eigenvalue weighted by atomic mass is 10.2. The number of nitrogens with zero attached hydrogens (tertiary/aromatic N) is 1. The number of aryl methyl sites for hydroxylation is 1. The van der Waals surface area contributed by atoms with Crippen molar-refractivity contribution < 1.29 is 4.79 Å². The van der Waals surface area contributed by atoms with Crippen LogP contribution in [0.25, 0.3) is 0 Å². The fourth-order valence-electron chi connectivity index (χ4n) is 1.56. The molecule has 1 aliphatic rings. The molecular formula is C12H12N2OS. The van der Waals surface area contributed by atoms with Crippen molar-refractivity contribution in [3.8, 4) is 0 Å². The average Bonchev–Trinajstić information content (AvgIpc) is 2.56. The number of benzene rings is 1. The smallest absolute Gasteiger partial charge is 0.280 e. The van der Waals surface area contributed by atoms with Gasteiger partial charge in [-0.25, -0.2) is 0 Å². The Hall–Kier alpha value is -1.68. The van der Waals surface area contributed by atoms with Gasteiger partial charge >= 0.3 is 0 Å². The average molecular weight is 232 g/mol. The largest absolute Gasteiger partial charge is 0.328 e. The van der Waals surface area contributed by atoms with Crippen LogP contribution in [0.2, 0.25) is 0 Å². The predicted octanol–water partition coefficient (Wildman–Crippen LogP) is 2.12. The fourth-order valence-corrected chi connectivity index (χ4v) is 1.86. The molecule has 1 saturated heterocycles. The SMILES string of the molecule is C/C=C1\NC(=S)N(c2ccc(C)cc2)C1=O. The molecule has 1 fully saturated rings. The lowest BCUT2D eigenvalue weighted by molar-refractivity contribution is -0.113. The third-order valence-corrected chi connectivity index (χ3v) is 2.74. The maximum absolute atomic E-state index is 11.9. The van der Waals surface area contributed by atoms with Crippen LogP contribution in [0.4, 0.5) is 5.69 Å². The second-order valence-electron chi connectivity index (χ2n) is 3.61. The van der Waals surface area contributed by atoms with E-state index in [4.69, 9.17) is 12.2 Å². The third-order valence-electron chi connectivity index (χ3n) is 2.46. The Kier molecular flexibility index (Phi) is 2.75. The molecule has 1 heterocycles. The van der Waals surface area contributed by atoms with Gasteiger partial charge in [-0.05, 0) is 38.2 Å². The molecule has 3 nitrogen and oxygen atoms in total. The second kappa shape index (κ2) is 4.06. The molecule has 16 heavy (non-hydrogen) atoms. The van der Waals surface area contributed by atoms with E-state index in [-0.39, 0.29) is 5.91 Å². The predicted molar refractivity (Wildman–Crippen MR) is 68.2 cm³/mol. The summed E-state index contributed by atoms with van der Waals surface area (Å²) in [5.41, 5.74) is 2.48. The highest BCUT2D eigenvalue weighted by molar-refractivity contribution is 7.80. The van der Waals surface area contributed by atoms with Gasteiger partial charge in [0.2, 0.25) is 0 Å².